The van der Waals surface area contributed by atoms with Crippen LogP contribution < -0.4 is 5.76 Å². The Balaban J connectivity index is 2.89. The van der Waals surface area contributed by atoms with Gasteiger partial charge in [0.2, 0.25) is 0 Å². The molecule has 0 bridgehead atoms. The Morgan fingerprint density at radius 1 is 1.38 bits per heavy atom. The van der Waals surface area contributed by atoms with Gasteiger partial charge in [-0.1, -0.05) is 19.1 Å². The number of aryl methyl sites for hydroxylation is 1. The Bertz CT molecular complexity index is 487. The largest absolute Gasteiger partial charge is 0.439 e. The van der Waals surface area contributed by atoms with Gasteiger partial charge in [0, 0.05) is 5.39 Å². The highest BCUT2D eigenvalue weighted by atomic mass is 16.4. The highest BCUT2D eigenvalue weighted by molar-refractivity contribution is 5.78. The highest BCUT2D eigenvalue weighted by Gasteiger charge is 2.03. The molecule has 13 heavy (non-hydrogen) atoms. The molecule has 0 radical (unpaired) electrons. The number of hydrogen-bond acceptors (Lipinski definition) is 3. The fraction of sp³-hybridized carbons (Fsp3) is 0.200. The minimum Gasteiger partial charge on any atom is -0.408 e. The van der Waals surface area contributed by atoms with Gasteiger partial charge in [-0.25, -0.2) is 4.79 Å². The fourth-order valence-electron chi connectivity index (χ4n) is 1.35. The van der Waals surface area contributed by atoms with Crippen molar-refractivity contribution in [2.24, 2.45) is 0 Å². The molecule has 2 aromatic rings. The molecule has 0 unspecified atom stereocenters. The first-order chi connectivity index (χ1) is 6.31. The third-order valence-corrected chi connectivity index (χ3v) is 1.96. The quantitative estimate of drug-likeness (QED) is 0.663. The summed E-state index contributed by atoms with van der Waals surface area (Å²) in [6, 6.07) is 7.43. The van der Waals surface area contributed by atoms with Crippen molar-refractivity contribution in [1.82, 2.24) is 4.98 Å². The van der Waals surface area contributed by atoms with Crippen LogP contribution in [0.3, 0.4) is 0 Å². The zero-order chi connectivity index (χ0) is 9.26. The molecule has 66 valence electrons. The number of fused-ring (bicyclic) bond motifs is 1. The van der Waals surface area contributed by atoms with Gasteiger partial charge in [-0.2, -0.15) is 4.98 Å². The van der Waals surface area contributed by atoms with Crippen LogP contribution >= 0.6 is 0 Å². The van der Waals surface area contributed by atoms with E-state index >= 15 is 0 Å². The van der Waals surface area contributed by atoms with E-state index in [1.807, 2.05) is 25.1 Å². The summed E-state index contributed by atoms with van der Waals surface area (Å²) in [4.78, 5) is 14.8. The lowest BCUT2D eigenvalue weighted by atomic mass is 10.2. The van der Waals surface area contributed by atoms with Gasteiger partial charge in [-0.15, -0.1) is 0 Å². The van der Waals surface area contributed by atoms with Gasteiger partial charge in [-0.3, -0.25) is 0 Å². The van der Waals surface area contributed by atoms with Gasteiger partial charge in [0.25, 0.3) is 0 Å². The van der Waals surface area contributed by atoms with Crippen molar-refractivity contribution < 1.29 is 4.42 Å². The Morgan fingerprint density at radius 3 is 2.92 bits per heavy atom. The van der Waals surface area contributed by atoms with Crippen LogP contribution in [-0.2, 0) is 6.42 Å². The Morgan fingerprint density at radius 2 is 2.15 bits per heavy atom. The van der Waals surface area contributed by atoms with E-state index in [0.29, 0.717) is 5.58 Å². The van der Waals surface area contributed by atoms with Crippen LogP contribution in [0.1, 0.15) is 12.6 Å². The molecule has 3 nitrogen and oxygen atoms in total. The molecule has 0 N–H and O–H groups in total. The maximum atomic E-state index is 11.0. The predicted octanol–water partition coefficient (Wildman–Crippen LogP) is 1.75. The maximum absolute atomic E-state index is 11.0. The lowest BCUT2D eigenvalue weighted by molar-refractivity contribution is 0.527. The lowest BCUT2D eigenvalue weighted by Crippen LogP contribution is -2.07. The standard InChI is InChI=1S/C10H9NO2/c1-2-8-7-5-3-4-6-9(7)13-10(12)11-8/h3-6H,2H2,1H3. The summed E-state index contributed by atoms with van der Waals surface area (Å²) in [6.45, 7) is 1.97. The Kier molecular flexibility index (Phi) is 1.85. The Hall–Kier alpha value is -1.64. The van der Waals surface area contributed by atoms with E-state index in [1.54, 1.807) is 6.07 Å². The molecule has 0 saturated carbocycles. The first-order valence-electron chi connectivity index (χ1n) is 4.20. The van der Waals surface area contributed by atoms with E-state index in [9.17, 15) is 4.79 Å². The van der Waals surface area contributed by atoms with Crippen LogP contribution in [0.5, 0.6) is 0 Å². The van der Waals surface area contributed by atoms with Crippen molar-refractivity contribution in [2.45, 2.75) is 13.3 Å². The second-order valence-electron chi connectivity index (χ2n) is 2.78. The zero-order valence-electron chi connectivity index (χ0n) is 7.28. The molecule has 1 heterocycles. The van der Waals surface area contributed by atoms with Crippen molar-refractivity contribution in [3.05, 3.63) is 40.5 Å². The molecule has 0 atom stereocenters. The van der Waals surface area contributed by atoms with Gasteiger partial charge in [-0.05, 0) is 18.6 Å². The number of hydrogen-bond donors (Lipinski definition) is 0. The van der Waals surface area contributed by atoms with E-state index in [2.05, 4.69) is 4.98 Å². The van der Waals surface area contributed by atoms with Crippen LogP contribution in [0, 0.1) is 0 Å². The zero-order valence-corrected chi connectivity index (χ0v) is 7.28. The molecule has 1 aromatic carbocycles. The third kappa shape index (κ3) is 1.33. The topological polar surface area (TPSA) is 43.1 Å². The summed E-state index contributed by atoms with van der Waals surface area (Å²) in [5.41, 5.74) is 1.41. The van der Waals surface area contributed by atoms with Gasteiger partial charge in [0.05, 0.1) is 5.69 Å². The van der Waals surface area contributed by atoms with E-state index in [-0.39, 0.29) is 0 Å². The molecule has 1 aromatic heterocycles. The monoisotopic (exact) mass is 175 g/mol. The molecule has 0 saturated heterocycles. The first kappa shape index (κ1) is 7.98. The van der Waals surface area contributed by atoms with Crippen molar-refractivity contribution in [3.8, 4) is 0 Å². The average Bonchev–Trinajstić information content (AvgIpc) is 2.16. The molecular formula is C10H9NO2. The van der Waals surface area contributed by atoms with E-state index in [0.717, 1.165) is 17.5 Å². The lowest BCUT2D eigenvalue weighted by Gasteiger charge is -1.99. The van der Waals surface area contributed by atoms with Crippen LogP contribution in [0.4, 0.5) is 0 Å². The smallest absolute Gasteiger partial charge is 0.408 e. The maximum Gasteiger partial charge on any atom is 0.439 e. The molecular weight excluding hydrogens is 166 g/mol. The molecule has 2 rings (SSSR count). The minimum absolute atomic E-state index is 0.518. The summed E-state index contributed by atoms with van der Waals surface area (Å²) in [6.07, 6.45) is 0.742. The van der Waals surface area contributed by atoms with Gasteiger partial charge >= 0.3 is 5.76 Å². The van der Waals surface area contributed by atoms with Crippen molar-refractivity contribution in [3.63, 3.8) is 0 Å². The summed E-state index contributed by atoms with van der Waals surface area (Å²) in [5, 5.41) is 0.921. The van der Waals surface area contributed by atoms with Crippen molar-refractivity contribution in [1.29, 1.82) is 0 Å². The summed E-state index contributed by atoms with van der Waals surface area (Å²) in [5.74, 6) is -0.518. The van der Waals surface area contributed by atoms with Crippen LogP contribution in [0.2, 0.25) is 0 Å². The molecule has 0 spiro atoms. The van der Waals surface area contributed by atoms with Crippen molar-refractivity contribution in [2.75, 3.05) is 0 Å². The molecule has 0 aliphatic rings. The average molecular weight is 175 g/mol. The number of rotatable bonds is 1. The van der Waals surface area contributed by atoms with Crippen LogP contribution in [0.25, 0.3) is 11.0 Å². The normalized spacial score (nSPS) is 10.5. The SMILES string of the molecule is CCc1nc(=O)oc2ccccc12. The van der Waals surface area contributed by atoms with Crippen molar-refractivity contribution >= 4 is 11.0 Å². The fourth-order valence-corrected chi connectivity index (χ4v) is 1.35. The number of para-hydroxylation sites is 1. The third-order valence-electron chi connectivity index (χ3n) is 1.96. The second-order valence-corrected chi connectivity index (χ2v) is 2.78. The highest BCUT2D eigenvalue weighted by Crippen LogP contribution is 2.14. The van der Waals surface area contributed by atoms with E-state index in [4.69, 9.17) is 4.42 Å². The molecule has 0 aliphatic carbocycles. The molecule has 0 aliphatic heterocycles. The number of aromatic nitrogens is 1. The predicted molar refractivity (Wildman–Crippen MR) is 49.7 cm³/mol. The summed E-state index contributed by atoms with van der Waals surface area (Å²) >= 11 is 0. The molecule has 3 heteroatoms. The van der Waals surface area contributed by atoms with Crippen LogP contribution in [-0.4, -0.2) is 4.98 Å². The molecule has 0 amide bonds. The van der Waals surface area contributed by atoms with Crippen LogP contribution in [0.15, 0.2) is 33.5 Å². The molecule has 0 fully saturated rings. The van der Waals surface area contributed by atoms with E-state index in [1.165, 1.54) is 0 Å². The summed E-state index contributed by atoms with van der Waals surface area (Å²) < 4.78 is 4.94. The second kappa shape index (κ2) is 3.01. The summed E-state index contributed by atoms with van der Waals surface area (Å²) in [7, 11) is 0. The minimum atomic E-state index is -0.518. The first-order valence-corrected chi connectivity index (χ1v) is 4.20. The van der Waals surface area contributed by atoms with Gasteiger partial charge < -0.3 is 4.42 Å². The number of benzene rings is 1. The number of nitrogens with zero attached hydrogens (tertiary/aromatic N) is 1. The Labute approximate surface area is 75.0 Å². The van der Waals surface area contributed by atoms with E-state index < -0.39 is 5.76 Å². The van der Waals surface area contributed by atoms with Gasteiger partial charge in [0.1, 0.15) is 5.58 Å². The van der Waals surface area contributed by atoms with Gasteiger partial charge in [0.15, 0.2) is 0 Å².